The molecule has 0 spiro atoms. The van der Waals surface area contributed by atoms with Gasteiger partial charge in [0.05, 0.1) is 6.61 Å². The molecule has 4 heteroatoms. The van der Waals surface area contributed by atoms with Crippen LogP contribution in [-0.2, 0) is 22.4 Å². The minimum atomic E-state index is -0.339. The summed E-state index contributed by atoms with van der Waals surface area (Å²) in [5.41, 5.74) is 6.77. The highest BCUT2D eigenvalue weighted by molar-refractivity contribution is 5.86. The van der Waals surface area contributed by atoms with Gasteiger partial charge >= 0.3 is 5.97 Å². The topological polar surface area (TPSA) is 66.8 Å². The molecule has 214 valence electrons. The van der Waals surface area contributed by atoms with E-state index in [9.17, 15) is 15.0 Å². The molecule has 39 heavy (non-hydrogen) atoms. The molecule has 1 aliphatic rings. The fraction of sp³-hybridized carbons (Fsp3) is 0.571. The second-order valence-electron chi connectivity index (χ2n) is 11.6. The number of hydrogen-bond donors (Lipinski definition) is 2. The lowest BCUT2D eigenvalue weighted by atomic mass is 9.77. The fourth-order valence-corrected chi connectivity index (χ4v) is 5.86. The molecule has 0 radical (unpaired) electrons. The Morgan fingerprint density at radius 3 is 2.33 bits per heavy atom. The lowest BCUT2D eigenvalue weighted by Gasteiger charge is -2.29. The molecule has 0 bridgehead atoms. The first-order chi connectivity index (χ1) is 18.9. The molecule has 0 saturated heterocycles. The van der Waals surface area contributed by atoms with Crippen molar-refractivity contribution in [3.63, 3.8) is 0 Å². The first-order valence-electron chi connectivity index (χ1n) is 15.2. The molecular weight excluding hydrogens is 484 g/mol. The number of carbonyl (C=O) groups excluding carboxylic acids is 1. The number of esters is 1. The second kappa shape index (κ2) is 16.6. The van der Waals surface area contributed by atoms with Crippen molar-refractivity contribution in [2.75, 3.05) is 19.8 Å². The third kappa shape index (κ3) is 9.92. The Hall–Kier alpha value is -2.43. The van der Waals surface area contributed by atoms with Crippen LogP contribution in [0.1, 0.15) is 101 Å². The second-order valence-corrected chi connectivity index (χ2v) is 11.6. The molecular formula is C35H50O4. The maximum absolute atomic E-state index is 11.8. The number of aliphatic hydroxyl groups is 2. The minimum Gasteiger partial charge on any atom is -0.462 e. The highest BCUT2D eigenvalue weighted by Gasteiger charge is 2.22. The van der Waals surface area contributed by atoms with Gasteiger partial charge in [-0.1, -0.05) is 81.7 Å². The van der Waals surface area contributed by atoms with Crippen LogP contribution in [0.25, 0.3) is 11.1 Å². The monoisotopic (exact) mass is 534 g/mol. The molecule has 0 aliphatic heterocycles. The molecule has 2 aromatic carbocycles. The summed E-state index contributed by atoms with van der Waals surface area (Å²) < 4.78 is 5.33. The summed E-state index contributed by atoms with van der Waals surface area (Å²) in [5.74, 6) is 1.17. The maximum Gasteiger partial charge on any atom is 0.333 e. The molecule has 1 fully saturated rings. The van der Waals surface area contributed by atoms with Gasteiger partial charge in [0.25, 0.3) is 0 Å². The quantitative estimate of drug-likeness (QED) is 0.131. The molecule has 2 aromatic rings. The predicted molar refractivity (Wildman–Crippen MR) is 161 cm³/mol. The fourth-order valence-electron chi connectivity index (χ4n) is 5.86. The van der Waals surface area contributed by atoms with Crippen molar-refractivity contribution in [2.24, 2.45) is 11.8 Å². The van der Waals surface area contributed by atoms with Gasteiger partial charge in [-0.05, 0) is 97.9 Å². The Balaban J connectivity index is 1.68. The van der Waals surface area contributed by atoms with Crippen LogP contribution >= 0.6 is 0 Å². The number of ether oxygens (including phenoxy) is 1. The van der Waals surface area contributed by atoms with Crippen molar-refractivity contribution in [3.8, 4) is 11.1 Å². The normalized spacial score (nSPS) is 17.4. The molecule has 2 N–H and O–H groups in total. The van der Waals surface area contributed by atoms with Crippen molar-refractivity contribution < 1.29 is 19.7 Å². The molecule has 0 aromatic heterocycles. The standard InChI is InChI=1S/C35H50O4/c1-4-5-6-8-27-12-15-30(16-13-27)31-17-19-32(20-18-31)34-21-14-28(10-11-29(24-36)25-37)23-33(34)9-7-22-39-35(38)26(2)3/h14,17-21,23,27,29-30,36-37H,2,4-13,15-16,22,24-25H2,1,3H3. The average Bonchev–Trinajstić information content (AvgIpc) is 2.96. The number of hydrogen-bond acceptors (Lipinski definition) is 4. The summed E-state index contributed by atoms with van der Waals surface area (Å²) in [5, 5.41) is 18.9. The summed E-state index contributed by atoms with van der Waals surface area (Å²) in [7, 11) is 0. The van der Waals surface area contributed by atoms with Gasteiger partial charge in [-0.25, -0.2) is 4.79 Å². The molecule has 0 atom stereocenters. The Morgan fingerprint density at radius 2 is 1.69 bits per heavy atom. The van der Waals surface area contributed by atoms with Crippen LogP contribution in [0.2, 0.25) is 0 Å². The zero-order valence-electron chi connectivity index (χ0n) is 24.3. The van der Waals surface area contributed by atoms with Crippen LogP contribution in [0.3, 0.4) is 0 Å². The number of aryl methyl sites for hydroxylation is 2. The van der Waals surface area contributed by atoms with Crippen LogP contribution < -0.4 is 0 Å². The van der Waals surface area contributed by atoms with Crippen molar-refractivity contribution in [1.29, 1.82) is 0 Å². The molecule has 0 heterocycles. The predicted octanol–water partition coefficient (Wildman–Crippen LogP) is 7.79. The third-order valence-electron chi connectivity index (χ3n) is 8.46. The van der Waals surface area contributed by atoms with E-state index in [1.807, 2.05) is 0 Å². The highest BCUT2D eigenvalue weighted by atomic mass is 16.5. The Morgan fingerprint density at radius 1 is 0.974 bits per heavy atom. The van der Waals surface area contributed by atoms with E-state index in [0.717, 1.165) is 31.6 Å². The number of aliphatic hydroxyl groups excluding tert-OH is 2. The van der Waals surface area contributed by atoms with Crippen LogP contribution in [0.4, 0.5) is 0 Å². The van der Waals surface area contributed by atoms with Crippen LogP contribution in [0.5, 0.6) is 0 Å². The number of unbranched alkanes of at least 4 members (excludes halogenated alkanes) is 2. The zero-order chi connectivity index (χ0) is 28.0. The third-order valence-corrected chi connectivity index (χ3v) is 8.46. The van der Waals surface area contributed by atoms with Crippen molar-refractivity contribution in [1.82, 2.24) is 0 Å². The Kier molecular flexibility index (Phi) is 13.3. The van der Waals surface area contributed by atoms with Gasteiger partial charge in [0.2, 0.25) is 0 Å². The first kappa shape index (κ1) is 31.1. The van der Waals surface area contributed by atoms with E-state index < -0.39 is 0 Å². The van der Waals surface area contributed by atoms with Gasteiger partial charge in [0.15, 0.2) is 0 Å². The Labute approximate surface area is 236 Å². The van der Waals surface area contributed by atoms with Gasteiger partial charge < -0.3 is 14.9 Å². The smallest absolute Gasteiger partial charge is 0.333 e. The van der Waals surface area contributed by atoms with Crippen LogP contribution in [0, 0.1) is 11.8 Å². The van der Waals surface area contributed by atoms with Crippen molar-refractivity contribution in [3.05, 3.63) is 71.3 Å². The number of benzene rings is 2. The van der Waals surface area contributed by atoms with Gasteiger partial charge in [-0.3, -0.25) is 0 Å². The van der Waals surface area contributed by atoms with E-state index in [1.165, 1.54) is 79.2 Å². The zero-order valence-corrected chi connectivity index (χ0v) is 24.3. The average molecular weight is 535 g/mol. The molecule has 0 amide bonds. The highest BCUT2D eigenvalue weighted by Crippen LogP contribution is 2.38. The van der Waals surface area contributed by atoms with Gasteiger partial charge in [-0.15, -0.1) is 0 Å². The van der Waals surface area contributed by atoms with Gasteiger partial charge in [-0.2, -0.15) is 0 Å². The van der Waals surface area contributed by atoms with Crippen molar-refractivity contribution in [2.45, 2.75) is 96.8 Å². The van der Waals surface area contributed by atoms with E-state index in [2.05, 4.69) is 56.0 Å². The van der Waals surface area contributed by atoms with E-state index in [-0.39, 0.29) is 25.1 Å². The van der Waals surface area contributed by atoms with Gasteiger partial charge in [0.1, 0.15) is 0 Å². The molecule has 3 rings (SSSR count). The summed E-state index contributed by atoms with van der Waals surface area (Å²) in [4.78, 5) is 11.8. The Bertz CT molecular complexity index is 1010. The van der Waals surface area contributed by atoms with Gasteiger partial charge in [0, 0.05) is 24.7 Å². The number of carbonyl (C=O) groups is 1. The molecule has 0 unspecified atom stereocenters. The largest absolute Gasteiger partial charge is 0.462 e. The van der Waals surface area contributed by atoms with E-state index in [1.54, 1.807) is 6.92 Å². The maximum atomic E-state index is 11.8. The summed E-state index contributed by atoms with van der Waals surface area (Å²) in [6.07, 6.45) is 13.9. The van der Waals surface area contributed by atoms with Crippen molar-refractivity contribution >= 4 is 5.97 Å². The van der Waals surface area contributed by atoms with E-state index >= 15 is 0 Å². The van der Waals surface area contributed by atoms with Crippen LogP contribution in [0.15, 0.2) is 54.6 Å². The van der Waals surface area contributed by atoms with E-state index in [4.69, 9.17) is 4.74 Å². The SMILES string of the molecule is C=C(C)C(=O)OCCCc1cc(CCC(CO)CO)ccc1-c1ccc(C2CCC(CCCCC)CC2)cc1. The first-order valence-corrected chi connectivity index (χ1v) is 15.2. The summed E-state index contributed by atoms with van der Waals surface area (Å²) in [6, 6.07) is 15.8. The summed E-state index contributed by atoms with van der Waals surface area (Å²) in [6.45, 7) is 7.98. The lowest BCUT2D eigenvalue weighted by Crippen LogP contribution is -2.13. The van der Waals surface area contributed by atoms with Crippen LogP contribution in [-0.4, -0.2) is 36.0 Å². The lowest BCUT2D eigenvalue weighted by molar-refractivity contribution is -0.139. The minimum absolute atomic E-state index is 0.00237. The molecule has 1 aliphatic carbocycles. The number of rotatable bonds is 16. The summed E-state index contributed by atoms with van der Waals surface area (Å²) >= 11 is 0. The molecule has 1 saturated carbocycles. The van der Waals surface area contributed by atoms with E-state index in [0.29, 0.717) is 18.1 Å². The molecule has 4 nitrogen and oxygen atoms in total.